The molecule has 0 bridgehead atoms. The summed E-state index contributed by atoms with van der Waals surface area (Å²) in [5, 5.41) is 8.98. The van der Waals surface area contributed by atoms with Crippen LogP contribution in [0.15, 0.2) is 36.7 Å². The second-order valence-electron chi connectivity index (χ2n) is 3.75. The molecule has 1 aromatic carbocycles. The van der Waals surface area contributed by atoms with E-state index in [1.165, 1.54) is 6.20 Å². The van der Waals surface area contributed by atoms with Crippen LogP contribution in [-0.2, 0) is 0 Å². The van der Waals surface area contributed by atoms with Crippen LogP contribution in [0.4, 0.5) is 4.39 Å². The summed E-state index contributed by atoms with van der Waals surface area (Å²) in [6.07, 6.45) is 2.63. The van der Waals surface area contributed by atoms with E-state index < -0.39 is 5.82 Å². The fourth-order valence-electron chi connectivity index (χ4n) is 1.82. The summed E-state index contributed by atoms with van der Waals surface area (Å²) in [4.78, 5) is 11.0. The molecular weight excluding hydrogens is 231 g/mol. The number of imidazole rings is 1. The molecule has 0 atom stereocenters. The van der Waals surface area contributed by atoms with Gasteiger partial charge in [-0.3, -0.25) is 4.98 Å². The predicted molar refractivity (Wildman–Crippen MR) is 64.0 cm³/mol. The van der Waals surface area contributed by atoms with Crippen molar-refractivity contribution in [1.29, 1.82) is 5.26 Å². The number of hydrogen-bond donors (Lipinski definition) is 1. The molecule has 3 rings (SSSR count). The summed E-state index contributed by atoms with van der Waals surface area (Å²) in [7, 11) is 0. The Bertz CT molecular complexity index is 770. The lowest BCUT2D eigenvalue weighted by Crippen LogP contribution is -1.87. The minimum absolute atomic E-state index is 0.338. The first-order chi connectivity index (χ1) is 8.79. The second-order valence-corrected chi connectivity index (χ2v) is 3.75. The fraction of sp³-hybridized carbons (Fsp3) is 0. The number of pyridine rings is 1. The molecule has 0 aliphatic carbocycles. The van der Waals surface area contributed by atoms with Crippen LogP contribution in [0.1, 0.15) is 5.56 Å². The summed E-state index contributed by atoms with van der Waals surface area (Å²) in [5.41, 5.74) is 2.06. The number of nitrogens with zero attached hydrogens (tertiary/aromatic N) is 3. The number of fused-ring (bicyclic) bond motifs is 1. The minimum Gasteiger partial charge on any atom is -0.338 e. The number of hydrogen-bond acceptors (Lipinski definition) is 3. The van der Waals surface area contributed by atoms with Crippen molar-refractivity contribution in [3.8, 4) is 17.5 Å². The molecule has 0 fully saturated rings. The van der Waals surface area contributed by atoms with E-state index in [0.29, 0.717) is 28.0 Å². The van der Waals surface area contributed by atoms with Crippen molar-refractivity contribution in [2.75, 3.05) is 0 Å². The number of H-pyrrole nitrogens is 1. The monoisotopic (exact) mass is 238 g/mol. The molecule has 1 N–H and O–H groups in total. The van der Waals surface area contributed by atoms with Gasteiger partial charge >= 0.3 is 0 Å². The Balaban J connectivity index is 2.27. The van der Waals surface area contributed by atoms with E-state index in [-0.39, 0.29) is 0 Å². The average molecular weight is 238 g/mol. The number of aromatic amines is 1. The van der Waals surface area contributed by atoms with Crippen LogP contribution < -0.4 is 0 Å². The number of para-hydroxylation sites is 1. The van der Waals surface area contributed by atoms with Crippen LogP contribution in [0.3, 0.4) is 0 Å². The molecule has 0 radical (unpaired) electrons. The Kier molecular flexibility index (Phi) is 2.27. The zero-order chi connectivity index (χ0) is 12.5. The van der Waals surface area contributed by atoms with E-state index in [0.717, 1.165) is 6.20 Å². The van der Waals surface area contributed by atoms with Crippen LogP contribution in [-0.4, -0.2) is 15.0 Å². The Hall–Kier alpha value is -2.74. The van der Waals surface area contributed by atoms with E-state index in [1.807, 2.05) is 0 Å². The third kappa shape index (κ3) is 1.52. The van der Waals surface area contributed by atoms with Crippen LogP contribution in [0.5, 0.6) is 0 Å². The molecule has 0 spiro atoms. The van der Waals surface area contributed by atoms with Gasteiger partial charge in [-0.1, -0.05) is 6.07 Å². The van der Waals surface area contributed by atoms with E-state index >= 15 is 0 Å². The van der Waals surface area contributed by atoms with Gasteiger partial charge in [0, 0.05) is 6.20 Å². The van der Waals surface area contributed by atoms with E-state index in [9.17, 15) is 4.39 Å². The van der Waals surface area contributed by atoms with Gasteiger partial charge in [-0.15, -0.1) is 0 Å². The van der Waals surface area contributed by atoms with Crippen molar-refractivity contribution in [3.05, 3.63) is 48.0 Å². The van der Waals surface area contributed by atoms with Gasteiger partial charge in [-0.05, 0) is 18.2 Å². The molecule has 0 saturated carbocycles. The van der Waals surface area contributed by atoms with Crippen LogP contribution >= 0.6 is 0 Å². The Morgan fingerprint density at radius 1 is 1.28 bits per heavy atom. The van der Waals surface area contributed by atoms with Crippen LogP contribution in [0.25, 0.3) is 22.4 Å². The Morgan fingerprint density at radius 3 is 2.94 bits per heavy atom. The molecule has 3 aromatic rings. The number of aromatic nitrogens is 3. The number of rotatable bonds is 1. The first kappa shape index (κ1) is 10.4. The third-order valence-electron chi connectivity index (χ3n) is 2.66. The maximum atomic E-state index is 13.6. The van der Waals surface area contributed by atoms with Gasteiger partial charge in [0.05, 0.1) is 22.8 Å². The molecule has 0 amide bonds. The lowest BCUT2D eigenvalue weighted by atomic mass is 10.2. The summed E-state index contributed by atoms with van der Waals surface area (Å²) in [6.45, 7) is 0. The molecule has 18 heavy (non-hydrogen) atoms. The molecular formula is C13H7FN4. The van der Waals surface area contributed by atoms with E-state index in [1.54, 1.807) is 24.3 Å². The number of benzene rings is 1. The van der Waals surface area contributed by atoms with Crippen molar-refractivity contribution < 1.29 is 4.39 Å². The smallest absolute Gasteiger partial charge is 0.152 e. The van der Waals surface area contributed by atoms with Gasteiger partial charge in [-0.25, -0.2) is 9.37 Å². The average Bonchev–Trinajstić information content (AvgIpc) is 2.82. The van der Waals surface area contributed by atoms with Gasteiger partial charge in [0.2, 0.25) is 0 Å². The van der Waals surface area contributed by atoms with Crippen LogP contribution in [0, 0.1) is 17.1 Å². The van der Waals surface area contributed by atoms with Gasteiger partial charge in [0.1, 0.15) is 17.4 Å². The molecule has 0 unspecified atom stereocenters. The number of halogens is 1. The highest BCUT2D eigenvalue weighted by Gasteiger charge is 2.11. The summed E-state index contributed by atoms with van der Waals surface area (Å²) in [5.74, 6) is -0.0531. The van der Waals surface area contributed by atoms with Crippen molar-refractivity contribution in [3.63, 3.8) is 0 Å². The third-order valence-corrected chi connectivity index (χ3v) is 2.66. The van der Waals surface area contributed by atoms with E-state index in [2.05, 4.69) is 21.0 Å². The number of nitrogens with one attached hydrogen (secondary N) is 1. The quantitative estimate of drug-likeness (QED) is 0.708. The summed E-state index contributed by atoms with van der Waals surface area (Å²) >= 11 is 0. The maximum Gasteiger partial charge on any atom is 0.152 e. The molecule has 0 saturated heterocycles. The first-order valence-electron chi connectivity index (χ1n) is 5.28. The molecule has 2 heterocycles. The van der Waals surface area contributed by atoms with Gasteiger partial charge in [-0.2, -0.15) is 5.26 Å². The predicted octanol–water partition coefficient (Wildman–Crippen LogP) is 2.64. The lowest BCUT2D eigenvalue weighted by Gasteiger charge is -1.96. The molecule has 2 aromatic heterocycles. The molecule has 5 heteroatoms. The second kappa shape index (κ2) is 3.93. The van der Waals surface area contributed by atoms with Crippen molar-refractivity contribution >= 4 is 11.0 Å². The normalized spacial score (nSPS) is 10.4. The van der Waals surface area contributed by atoms with E-state index in [4.69, 9.17) is 5.26 Å². The van der Waals surface area contributed by atoms with Crippen molar-refractivity contribution in [2.45, 2.75) is 0 Å². The Morgan fingerprint density at radius 2 is 2.17 bits per heavy atom. The molecule has 4 nitrogen and oxygen atoms in total. The van der Waals surface area contributed by atoms with Gasteiger partial charge < -0.3 is 4.98 Å². The van der Waals surface area contributed by atoms with Crippen LogP contribution in [0.2, 0.25) is 0 Å². The van der Waals surface area contributed by atoms with Crippen molar-refractivity contribution in [2.24, 2.45) is 0 Å². The topological polar surface area (TPSA) is 65.4 Å². The molecule has 0 aliphatic heterocycles. The zero-order valence-corrected chi connectivity index (χ0v) is 9.18. The Labute approximate surface area is 102 Å². The first-order valence-corrected chi connectivity index (χ1v) is 5.28. The highest BCUT2D eigenvalue weighted by atomic mass is 19.1. The molecule has 0 aliphatic rings. The highest BCUT2D eigenvalue weighted by Crippen LogP contribution is 2.23. The minimum atomic E-state index is -0.449. The highest BCUT2D eigenvalue weighted by molar-refractivity contribution is 5.84. The van der Waals surface area contributed by atoms with Gasteiger partial charge in [0.25, 0.3) is 0 Å². The SMILES string of the molecule is N#Cc1cccc2[nH]c(-c3ccncc3F)nc12. The lowest BCUT2D eigenvalue weighted by molar-refractivity contribution is 0.624. The summed E-state index contributed by atoms with van der Waals surface area (Å²) in [6, 6.07) is 8.83. The van der Waals surface area contributed by atoms with Gasteiger partial charge in [0.15, 0.2) is 5.82 Å². The van der Waals surface area contributed by atoms with Crippen molar-refractivity contribution in [1.82, 2.24) is 15.0 Å². The number of nitriles is 1. The zero-order valence-electron chi connectivity index (χ0n) is 9.18. The standard InChI is InChI=1S/C13H7FN4/c14-10-7-16-5-4-9(10)13-17-11-3-1-2-8(6-15)12(11)18-13/h1-5,7H,(H,17,18). The molecule has 86 valence electrons. The summed E-state index contributed by atoms with van der Waals surface area (Å²) < 4.78 is 13.6. The fourth-order valence-corrected chi connectivity index (χ4v) is 1.82. The maximum absolute atomic E-state index is 13.6. The largest absolute Gasteiger partial charge is 0.338 e.